The van der Waals surface area contributed by atoms with Gasteiger partial charge in [-0.3, -0.25) is 0 Å². The minimum atomic E-state index is -4.89. The Bertz CT molecular complexity index is 1340. The number of hydrogen-bond donors (Lipinski definition) is 0. The normalized spacial score (nSPS) is 55.7. The smallest absolute Gasteiger partial charge is 0.343 e. The molecule has 0 unspecified atom stereocenters. The van der Waals surface area contributed by atoms with Crippen LogP contribution in [0.2, 0.25) is 0 Å². The van der Waals surface area contributed by atoms with Crippen molar-refractivity contribution < 1.29 is 65.5 Å². The van der Waals surface area contributed by atoms with Gasteiger partial charge in [0.2, 0.25) is 17.4 Å². The van der Waals surface area contributed by atoms with E-state index in [1.807, 2.05) is 6.92 Å². The number of hydrogen-bond acceptors (Lipinski definition) is 10. The zero-order chi connectivity index (χ0) is 35.5. The van der Waals surface area contributed by atoms with E-state index in [-0.39, 0.29) is 30.3 Å². The minimum Gasteiger partial charge on any atom is -0.343 e. The van der Waals surface area contributed by atoms with E-state index < -0.39 is 84.1 Å². The van der Waals surface area contributed by atoms with Crippen LogP contribution in [0.15, 0.2) is 12.2 Å². The largest absolute Gasteiger partial charge is 0.443 e. The van der Waals surface area contributed by atoms with Crippen molar-refractivity contribution in [2.75, 3.05) is 19.9 Å². The highest BCUT2D eigenvalue weighted by molar-refractivity contribution is 5.14. The van der Waals surface area contributed by atoms with Crippen LogP contribution in [0.5, 0.6) is 0 Å². The van der Waals surface area contributed by atoms with Crippen molar-refractivity contribution in [1.29, 1.82) is 0 Å². The molecule has 16 atom stereocenters. The summed E-state index contributed by atoms with van der Waals surface area (Å²) in [6.45, 7) is 9.66. The third kappa shape index (κ3) is 4.95. The summed E-state index contributed by atoms with van der Waals surface area (Å²) in [5.41, 5.74) is -2.05. The van der Waals surface area contributed by atoms with Crippen molar-refractivity contribution in [1.82, 2.24) is 0 Å². The first kappa shape index (κ1) is 36.1. The average molecular weight is 721 g/mol. The molecule has 2 spiro atoms. The van der Waals surface area contributed by atoms with Gasteiger partial charge in [0.1, 0.15) is 6.67 Å². The standard InChI is InChI=1S/C36H52F4O10/c1-20-9-11-26-22(3)32(19-37,45-28-33(26)24(20)13-15-30(5,43-28)47-49-33)41-17-7-8-18-42-35(36(38,39)40)23(4)27-12-10-21(2)25-14-16-31(6)44-29(46-35)34(25,27)50-48-31/h7-8,20-29H,9-19H2,1-6H3/b8-7+/t20-,21-,22-,23-,24+,25+,26+,27+,28+,29+,30+,31+,32+,33-,34-,35-/m1/s1. The van der Waals surface area contributed by atoms with Crippen molar-refractivity contribution in [2.24, 2.45) is 47.3 Å². The summed E-state index contributed by atoms with van der Waals surface area (Å²) >= 11 is 0. The summed E-state index contributed by atoms with van der Waals surface area (Å²) in [4.78, 5) is 23.8. The van der Waals surface area contributed by atoms with E-state index >= 15 is 17.6 Å². The second-order valence-electron chi connectivity index (χ2n) is 16.8. The number of rotatable bonds is 7. The summed E-state index contributed by atoms with van der Waals surface area (Å²) in [6, 6.07) is 0. The molecule has 8 heterocycles. The van der Waals surface area contributed by atoms with Crippen LogP contribution in [0, 0.1) is 47.3 Å². The van der Waals surface area contributed by atoms with Crippen LogP contribution in [0.3, 0.4) is 0 Å². The van der Waals surface area contributed by atoms with E-state index in [4.69, 9.17) is 48.0 Å². The van der Waals surface area contributed by atoms with Gasteiger partial charge in [0.25, 0.3) is 5.79 Å². The Morgan fingerprint density at radius 1 is 0.620 bits per heavy atom. The van der Waals surface area contributed by atoms with E-state index in [9.17, 15) is 0 Å². The zero-order valence-electron chi connectivity index (χ0n) is 29.8. The van der Waals surface area contributed by atoms with Gasteiger partial charge in [-0.15, -0.1) is 0 Å². The van der Waals surface area contributed by atoms with Crippen molar-refractivity contribution in [3.63, 3.8) is 0 Å². The second-order valence-corrected chi connectivity index (χ2v) is 16.8. The predicted molar refractivity (Wildman–Crippen MR) is 165 cm³/mol. The quantitative estimate of drug-likeness (QED) is 0.152. The first-order valence-corrected chi connectivity index (χ1v) is 18.6. The van der Waals surface area contributed by atoms with E-state index in [0.29, 0.717) is 31.6 Å². The van der Waals surface area contributed by atoms with Gasteiger partial charge in [-0.05, 0) is 76.0 Å². The van der Waals surface area contributed by atoms with Crippen LogP contribution in [0.4, 0.5) is 17.6 Å². The third-order valence-corrected chi connectivity index (χ3v) is 14.2. The molecule has 0 aromatic carbocycles. The SMILES string of the molecule is C[C@@H]1CC[C@H]2[C@@H](C)[C@@](CF)(OC/C=C/CO[C@@]3(C(F)(F)F)O[C@@H]4O[C@]5(C)CC[C@H]6[C@H](C)CC[C@@H]([C@H]3C)[C@@]46OO5)O[C@@H]3O[C@]4(C)CC[C@@H]1[C@]32OO4. The average Bonchev–Trinajstić information content (AvgIpc) is 3.44. The highest BCUT2D eigenvalue weighted by Gasteiger charge is 2.77. The van der Waals surface area contributed by atoms with E-state index in [2.05, 4.69) is 13.8 Å². The Kier molecular flexibility index (Phi) is 8.68. The molecular weight excluding hydrogens is 668 g/mol. The Morgan fingerprint density at radius 3 is 1.64 bits per heavy atom. The molecule has 10 nitrogen and oxygen atoms in total. The molecule has 50 heavy (non-hydrogen) atoms. The van der Waals surface area contributed by atoms with Gasteiger partial charge in [-0.1, -0.05) is 39.8 Å². The Labute approximate surface area is 290 Å². The Hall–Kier alpha value is -0.940. The lowest BCUT2D eigenvalue weighted by molar-refractivity contribution is -0.598. The third-order valence-electron chi connectivity index (χ3n) is 14.2. The summed E-state index contributed by atoms with van der Waals surface area (Å²) in [7, 11) is 0. The second kappa shape index (κ2) is 12.0. The highest BCUT2D eigenvalue weighted by atomic mass is 19.4. The minimum absolute atomic E-state index is 0.0909. The predicted octanol–water partition coefficient (Wildman–Crippen LogP) is 7.26. The summed E-state index contributed by atoms with van der Waals surface area (Å²) < 4.78 is 97.4. The fraction of sp³-hybridized carbons (Fsp3) is 0.944. The van der Waals surface area contributed by atoms with Gasteiger partial charge < -0.3 is 28.4 Å². The molecule has 0 aromatic rings. The maximum atomic E-state index is 15.2. The first-order valence-electron chi connectivity index (χ1n) is 18.6. The molecule has 0 amide bonds. The van der Waals surface area contributed by atoms with E-state index in [1.165, 1.54) is 19.1 Å². The van der Waals surface area contributed by atoms with Crippen LogP contribution in [0.1, 0.15) is 92.9 Å². The van der Waals surface area contributed by atoms with Gasteiger partial charge in [0.05, 0.1) is 13.2 Å². The van der Waals surface area contributed by atoms with Gasteiger partial charge in [-0.2, -0.15) is 13.2 Å². The van der Waals surface area contributed by atoms with Gasteiger partial charge >= 0.3 is 6.18 Å². The number of ether oxygens (including phenoxy) is 6. The van der Waals surface area contributed by atoms with Gasteiger partial charge in [0, 0.05) is 36.5 Å². The molecule has 10 rings (SSSR count). The lowest BCUT2D eigenvalue weighted by Crippen LogP contribution is -2.76. The van der Waals surface area contributed by atoms with Crippen molar-refractivity contribution in [3.8, 4) is 0 Å². The lowest BCUT2D eigenvalue weighted by Gasteiger charge is -2.62. The van der Waals surface area contributed by atoms with Gasteiger partial charge in [-0.25, -0.2) is 23.9 Å². The number of alkyl halides is 4. The number of halogens is 4. The summed E-state index contributed by atoms with van der Waals surface area (Å²) in [5, 5.41) is 0. The van der Waals surface area contributed by atoms with Crippen LogP contribution >= 0.6 is 0 Å². The van der Waals surface area contributed by atoms with Crippen molar-refractivity contribution >= 4 is 0 Å². The maximum absolute atomic E-state index is 15.2. The molecule has 0 radical (unpaired) electrons. The van der Waals surface area contributed by atoms with Crippen molar-refractivity contribution in [2.45, 2.75) is 146 Å². The molecule has 2 saturated carbocycles. The molecule has 284 valence electrons. The van der Waals surface area contributed by atoms with E-state index in [0.717, 1.165) is 25.7 Å². The lowest BCUT2D eigenvalue weighted by atomic mass is 9.57. The molecule has 4 bridgehead atoms. The fourth-order valence-corrected chi connectivity index (χ4v) is 11.3. The molecule has 10 fully saturated rings. The highest BCUT2D eigenvalue weighted by Crippen LogP contribution is 2.65. The molecule has 14 heteroatoms. The molecule has 0 N–H and O–H groups in total. The van der Waals surface area contributed by atoms with Crippen LogP contribution in [-0.4, -0.2) is 73.0 Å². The van der Waals surface area contributed by atoms with E-state index in [1.54, 1.807) is 13.8 Å². The van der Waals surface area contributed by atoms with Crippen LogP contribution in [-0.2, 0) is 48.0 Å². The topological polar surface area (TPSA) is 92.3 Å². The van der Waals surface area contributed by atoms with Crippen molar-refractivity contribution in [3.05, 3.63) is 12.2 Å². The monoisotopic (exact) mass is 720 g/mol. The van der Waals surface area contributed by atoms with Crippen LogP contribution < -0.4 is 0 Å². The zero-order valence-corrected chi connectivity index (χ0v) is 29.8. The summed E-state index contributed by atoms with van der Waals surface area (Å²) in [5.74, 6) is -8.60. The molecule has 8 saturated heterocycles. The Balaban J connectivity index is 0.983. The molecule has 2 aliphatic carbocycles. The molecule has 0 aromatic heterocycles. The molecular formula is C36H52F4O10. The Morgan fingerprint density at radius 2 is 1.12 bits per heavy atom. The van der Waals surface area contributed by atoms with Crippen LogP contribution in [0.25, 0.3) is 0 Å². The number of fused-ring (bicyclic) bond motifs is 4. The molecule has 10 aliphatic rings. The summed E-state index contributed by atoms with van der Waals surface area (Å²) in [6.07, 6.45) is 1.41. The first-order chi connectivity index (χ1) is 23.6. The fourth-order valence-electron chi connectivity index (χ4n) is 11.3. The molecule has 8 aliphatic heterocycles. The maximum Gasteiger partial charge on any atom is 0.443 e. The van der Waals surface area contributed by atoms with Gasteiger partial charge in [0.15, 0.2) is 23.8 Å².